The van der Waals surface area contributed by atoms with Gasteiger partial charge in [0.2, 0.25) is 5.82 Å². The van der Waals surface area contributed by atoms with E-state index in [2.05, 4.69) is 10.1 Å². The Hall–Kier alpha value is -1.51. The summed E-state index contributed by atoms with van der Waals surface area (Å²) in [7, 11) is 0. The molecule has 0 fully saturated rings. The highest BCUT2D eigenvalue weighted by Gasteiger charge is 2.36. The Labute approximate surface area is 67.4 Å². The topological polar surface area (TPSA) is 54.5 Å². The van der Waals surface area contributed by atoms with E-state index in [9.17, 15) is 8.78 Å². The van der Waals surface area contributed by atoms with Gasteiger partial charge in [0.25, 0.3) is 0 Å². The van der Waals surface area contributed by atoms with Crippen LogP contribution < -0.4 is 0 Å². The van der Waals surface area contributed by atoms with Crippen molar-refractivity contribution in [3.8, 4) is 6.07 Å². The molecule has 1 aromatic rings. The Balaban J connectivity index is 3.11. The van der Waals surface area contributed by atoms with Crippen LogP contribution in [0, 0.1) is 11.3 Å². The summed E-state index contributed by atoms with van der Waals surface area (Å²) in [6.45, 7) is 1.91. The molecular formula is C6H6F2N4. The molecule has 1 heterocycles. The first-order chi connectivity index (χ1) is 5.61. The maximum atomic E-state index is 12.7. The monoisotopic (exact) mass is 172 g/mol. The number of aromatic nitrogens is 3. The third-order valence-electron chi connectivity index (χ3n) is 1.34. The molecule has 0 N–H and O–H groups in total. The lowest BCUT2D eigenvalue weighted by Crippen LogP contribution is -2.18. The SMILES string of the molecule is CCn1ncnc1C(F)(F)C#N. The van der Waals surface area contributed by atoms with Gasteiger partial charge in [-0.25, -0.2) is 9.67 Å². The molecule has 4 nitrogen and oxygen atoms in total. The minimum atomic E-state index is -3.55. The van der Waals surface area contributed by atoms with Crippen molar-refractivity contribution in [2.45, 2.75) is 19.4 Å². The molecule has 0 aliphatic heterocycles. The lowest BCUT2D eigenvalue weighted by molar-refractivity contribution is 0.0459. The third-order valence-corrected chi connectivity index (χ3v) is 1.34. The van der Waals surface area contributed by atoms with Crippen LogP contribution in [0.4, 0.5) is 8.78 Å². The van der Waals surface area contributed by atoms with Gasteiger partial charge in [-0.05, 0) is 6.92 Å². The number of hydrogen-bond donors (Lipinski definition) is 0. The first-order valence-electron chi connectivity index (χ1n) is 3.29. The third kappa shape index (κ3) is 1.25. The van der Waals surface area contributed by atoms with Crippen molar-refractivity contribution in [2.24, 2.45) is 0 Å². The smallest absolute Gasteiger partial charge is 0.244 e. The van der Waals surface area contributed by atoms with Gasteiger partial charge in [-0.15, -0.1) is 0 Å². The molecule has 0 aliphatic rings. The van der Waals surface area contributed by atoms with Crippen LogP contribution in [0.15, 0.2) is 6.33 Å². The summed E-state index contributed by atoms with van der Waals surface area (Å²) in [6.07, 6.45) is 1.00. The van der Waals surface area contributed by atoms with Gasteiger partial charge in [-0.2, -0.15) is 19.1 Å². The number of nitrogens with zero attached hydrogens (tertiary/aromatic N) is 4. The zero-order valence-electron chi connectivity index (χ0n) is 6.33. The normalized spacial score (nSPS) is 11.2. The average molecular weight is 172 g/mol. The maximum absolute atomic E-state index is 12.7. The quantitative estimate of drug-likeness (QED) is 0.666. The van der Waals surface area contributed by atoms with Crippen molar-refractivity contribution in [1.29, 1.82) is 5.26 Å². The minimum absolute atomic E-state index is 0.270. The Morgan fingerprint density at radius 1 is 1.75 bits per heavy atom. The van der Waals surface area contributed by atoms with E-state index < -0.39 is 11.7 Å². The van der Waals surface area contributed by atoms with Gasteiger partial charge in [-0.3, -0.25) is 0 Å². The zero-order valence-corrected chi connectivity index (χ0v) is 6.33. The molecule has 0 unspecified atom stereocenters. The van der Waals surface area contributed by atoms with Crippen LogP contribution in [-0.4, -0.2) is 14.8 Å². The van der Waals surface area contributed by atoms with Crippen LogP contribution in [0.3, 0.4) is 0 Å². The van der Waals surface area contributed by atoms with Crippen molar-refractivity contribution in [3.05, 3.63) is 12.2 Å². The van der Waals surface area contributed by atoms with Crippen LogP contribution in [0.5, 0.6) is 0 Å². The second kappa shape index (κ2) is 2.85. The van der Waals surface area contributed by atoms with E-state index in [1.54, 1.807) is 6.92 Å². The molecule has 0 amide bonds. The molecule has 12 heavy (non-hydrogen) atoms. The highest BCUT2D eigenvalue weighted by Crippen LogP contribution is 2.23. The van der Waals surface area contributed by atoms with Gasteiger partial charge in [0, 0.05) is 6.54 Å². The largest absolute Gasteiger partial charge is 0.390 e. The summed E-state index contributed by atoms with van der Waals surface area (Å²) in [5, 5.41) is 11.6. The van der Waals surface area contributed by atoms with Gasteiger partial charge in [-0.1, -0.05) is 0 Å². The van der Waals surface area contributed by atoms with E-state index in [1.807, 2.05) is 0 Å². The molecule has 0 aromatic carbocycles. The van der Waals surface area contributed by atoms with E-state index in [-0.39, 0.29) is 6.54 Å². The second-order valence-corrected chi connectivity index (χ2v) is 2.09. The van der Waals surface area contributed by atoms with Crippen molar-refractivity contribution >= 4 is 0 Å². The van der Waals surface area contributed by atoms with Crippen LogP contribution in [0.1, 0.15) is 12.7 Å². The fourth-order valence-corrected chi connectivity index (χ4v) is 0.789. The number of alkyl halides is 2. The van der Waals surface area contributed by atoms with E-state index in [0.717, 1.165) is 17.1 Å². The van der Waals surface area contributed by atoms with E-state index in [4.69, 9.17) is 5.26 Å². The molecule has 0 atom stereocenters. The number of hydrogen-bond acceptors (Lipinski definition) is 3. The molecule has 0 spiro atoms. The summed E-state index contributed by atoms with van der Waals surface area (Å²) in [5.41, 5.74) is 0. The van der Waals surface area contributed by atoms with Gasteiger partial charge in [0.1, 0.15) is 12.4 Å². The molecule has 0 radical (unpaired) electrons. The predicted molar refractivity (Wildman–Crippen MR) is 35.2 cm³/mol. The Bertz CT molecular complexity index is 312. The minimum Gasteiger partial charge on any atom is -0.244 e. The highest BCUT2D eigenvalue weighted by atomic mass is 19.3. The molecular weight excluding hydrogens is 166 g/mol. The predicted octanol–water partition coefficient (Wildman–Crippen LogP) is 0.913. The van der Waals surface area contributed by atoms with Crippen LogP contribution >= 0.6 is 0 Å². The number of rotatable bonds is 2. The summed E-state index contributed by atoms with van der Waals surface area (Å²) in [6, 6.07) is 0.862. The summed E-state index contributed by atoms with van der Waals surface area (Å²) in [4.78, 5) is 3.31. The summed E-state index contributed by atoms with van der Waals surface area (Å²) >= 11 is 0. The van der Waals surface area contributed by atoms with Crippen molar-refractivity contribution in [1.82, 2.24) is 14.8 Å². The lowest BCUT2D eigenvalue weighted by atomic mass is 10.3. The van der Waals surface area contributed by atoms with Crippen LogP contribution in [-0.2, 0) is 12.5 Å². The molecule has 6 heteroatoms. The van der Waals surface area contributed by atoms with Crippen LogP contribution in [0.25, 0.3) is 0 Å². The first-order valence-corrected chi connectivity index (χ1v) is 3.29. The summed E-state index contributed by atoms with van der Waals surface area (Å²) in [5.74, 6) is -4.15. The number of aryl methyl sites for hydroxylation is 1. The zero-order chi connectivity index (χ0) is 9.19. The molecule has 0 saturated heterocycles. The molecule has 1 aromatic heterocycles. The van der Waals surface area contributed by atoms with E-state index >= 15 is 0 Å². The average Bonchev–Trinajstić information content (AvgIpc) is 2.52. The Morgan fingerprint density at radius 3 is 2.92 bits per heavy atom. The van der Waals surface area contributed by atoms with Crippen LogP contribution in [0.2, 0.25) is 0 Å². The second-order valence-electron chi connectivity index (χ2n) is 2.09. The number of nitriles is 1. The standard InChI is InChI=1S/C6H6F2N4/c1-2-12-5(10-4-11-12)6(7,8)3-9/h4H,2H2,1H3. The van der Waals surface area contributed by atoms with Crippen molar-refractivity contribution in [2.75, 3.05) is 0 Å². The van der Waals surface area contributed by atoms with Crippen molar-refractivity contribution < 1.29 is 8.78 Å². The van der Waals surface area contributed by atoms with Gasteiger partial charge in [0.15, 0.2) is 0 Å². The fourth-order valence-electron chi connectivity index (χ4n) is 0.789. The molecule has 1 rings (SSSR count). The molecule has 64 valence electrons. The van der Waals surface area contributed by atoms with Gasteiger partial charge in [0.05, 0.1) is 0 Å². The number of halogens is 2. The van der Waals surface area contributed by atoms with Crippen molar-refractivity contribution in [3.63, 3.8) is 0 Å². The molecule has 0 bridgehead atoms. The highest BCUT2D eigenvalue weighted by molar-refractivity contribution is 5.07. The lowest BCUT2D eigenvalue weighted by Gasteiger charge is -2.06. The first kappa shape index (κ1) is 8.59. The maximum Gasteiger partial charge on any atom is 0.390 e. The molecule has 0 aliphatic carbocycles. The Kier molecular flexibility index (Phi) is 2.04. The molecule has 0 saturated carbocycles. The fraction of sp³-hybridized carbons (Fsp3) is 0.500. The van der Waals surface area contributed by atoms with E-state index in [1.165, 1.54) is 0 Å². The van der Waals surface area contributed by atoms with Gasteiger partial charge < -0.3 is 0 Å². The van der Waals surface area contributed by atoms with Gasteiger partial charge >= 0.3 is 5.92 Å². The van der Waals surface area contributed by atoms with E-state index in [0.29, 0.717) is 0 Å². The Morgan fingerprint density at radius 2 is 2.42 bits per heavy atom. The summed E-state index contributed by atoms with van der Waals surface area (Å²) < 4.78 is 26.4.